The predicted octanol–water partition coefficient (Wildman–Crippen LogP) is 2.07. The van der Waals surface area contributed by atoms with Crippen molar-refractivity contribution >= 4 is 16.2 Å². The molecular weight excluding hydrogens is 294 g/mol. The number of hydrogen-bond acceptors (Lipinski definition) is 4. The summed E-state index contributed by atoms with van der Waals surface area (Å²) in [5.41, 5.74) is 0.870. The third kappa shape index (κ3) is 5.02. The molecule has 6 nitrogen and oxygen atoms in total. The van der Waals surface area contributed by atoms with Crippen LogP contribution < -0.4 is 0 Å². The van der Waals surface area contributed by atoms with E-state index in [9.17, 15) is 13.2 Å². The molecule has 1 aromatic rings. The molecule has 0 spiro atoms. The van der Waals surface area contributed by atoms with Gasteiger partial charge in [-0.25, -0.2) is 4.79 Å². The Labute approximate surface area is 124 Å². The third-order valence-corrected chi connectivity index (χ3v) is 4.28. The van der Waals surface area contributed by atoms with Crippen LogP contribution in [0, 0.1) is 0 Å². The second kappa shape index (κ2) is 6.91. The number of ether oxygens (including phenoxy) is 1. The fourth-order valence-electron chi connectivity index (χ4n) is 2.46. The summed E-state index contributed by atoms with van der Waals surface area (Å²) in [5, 5.41) is 0. The molecule has 1 aliphatic heterocycles. The molecule has 0 radical (unpaired) electrons. The molecule has 116 valence electrons. The van der Waals surface area contributed by atoms with Gasteiger partial charge in [-0.2, -0.15) is 8.42 Å². The number of piperidine rings is 1. The average molecular weight is 313 g/mol. The first-order valence-electron chi connectivity index (χ1n) is 6.88. The molecule has 1 aromatic carbocycles. The Morgan fingerprint density at radius 2 is 2.00 bits per heavy atom. The Morgan fingerprint density at radius 1 is 1.29 bits per heavy atom. The molecule has 1 N–H and O–H groups in total. The molecule has 21 heavy (non-hydrogen) atoms. The standard InChI is InChI=1S/C14H19NO5S/c16-14(20-10-12-6-2-1-3-7-12)15-9-5-4-8-13(15)11-21(17,18)19/h1-3,6-7,13H,4-5,8-11H2,(H,17,18,19). The second-order valence-corrected chi connectivity index (χ2v) is 6.63. The minimum absolute atomic E-state index is 0.148. The highest BCUT2D eigenvalue weighted by molar-refractivity contribution is 7.85. The van der Waals surface area contributed by atoms with Crippen molar-refractivity contribution in [2.24, 2.45) is 0 Å². The van der Waals surface area contributed by atoms with E-state index in [4.69, 9.17) is 9.29 Å². The molecule has 1 heterocycles. The maximum Gasteiger partial charge on any atom is 0.410 e. The molecule has 0 aliphatic carbocycles. The van der Waals surface area contributed by atoms with Crippen molar-refractivity contribution in [2.75, 3.05) is 12.3 Å². The highest BCUT2D eigenvalue weighted by atomic mass is 32.2. The summed E-state index contributed by atoms with van der Waals surface area (Å²) in [5.74, 6) is -0.437. The molecule has 0 aromatic heterocycles. The minimum atomic E-state index is -4.11. The van der Waals surface area contributed by atoms with Gasteiger partial charge in [0.2, 0.25) is 0 Å². The van der Waals surface area contributed by atoms with Crippen LogP contribution >= 0.6 is 0 Å². The predicted molar refractivity (Wildman–Crippen MR) is 77.4 cm³/mol. The summed E-state index contributed by atoms with van der Waals surface area (Å²) in [4.78, 5) is 13.5. The maximum absolute atomic E-state index is 12.1. The van der Waals surface area contributed by atoms with Gasteiger partial charge in [0.05, 0.1) is 11.8 Å². The Morgan fingerprint density at radius 3 is 2.67 bits per heavy atom. The lowest BCUT2D eigenvalue weighted by Crippen LogP contribution is -2.47. The molecular formula is C14H19NO5S. The smallest absolute Gasteiger partial charge is 0.410 e. The molecule has 7 heteroatoms. The normalized spacial score (nSPS) is 19.3. The van der Waals surface area contributed by atoms with Gasteiger partial charge < -0.3 is 9.64 Å². The highest BCUT2D eigenvalue weighted by Crippen LogP contribution is 2.19. The first-order chi connectivity index (χ1) is 9.96. The summed E-state index contributed by atoms with van der Waals surface area (Å²) in [7, 11) is -4.11. The van der Waals surface area contributed by atoms with E-state index in [0.717, 1.165) is 18.4 Å². The second-order valence-electron chi connectivity index (χ2n) is 5.13. The van der Waals surface area contributed by atoms with Crippen molar-refractivity contribution in [3.05, 3.63) is 35.9 Å². The molecule has 1 amide bonds. The number of carbonyl (C=O) groups excluding carboxylic acids is 1. The van der Waals surface area contributed by atoms with Gasteiger partial charge in [-0.05, 0) is 24.8 Å². The molecule has 0 bridgehead atoms. The molecule has 2 rings (SSSR count). The molecule has 1 saturated heterocycles. The molecule has 1 atom stereocenters. The summed E-state index contributed by atoms with van der Waals surface area (Å²) >= 11 is 0. The zero-order chi connectivity index (χ0) is 15.3. The zero-order valence-electron chi connectivity index (χ0n) is 11.6. The van der Waals surface area contributed by atoms with E-state index in [1.165, 1.54) is 4.90 Å². The van der Waals surface area contributed by atoms with Gasteiger partial charge in [0.25, 0.3) is 10.1 Å². The van der Waals surface area contributed by atoms with Crippen LogP contribution in [0.4, 0.5) is 4.79 Å². The third-order valence-electron chi connectivity index (χ3n) is 3.47. The lowest BCUT2D eigenvalue weighted by Gasteiger charge is -2.34. The van der Waals surface area contributed by atoms with Crippen LogP contribution in [0.5, 0.6) is 0 Å². The van der Waals surface area contributed by atoms with Crippen LogP contribution in [0.1, 0.15) is 24.8 Å². The van der Waals surface area contributed by atoms with Crippen LogP contribution in [0.15, 0.2) is 30.3 Å². The molecule has 1 aliphatic rings. The van der Waals surface area contributed by atoms with Crippen molar-refractivity contribution in [1.82, 2.24) is 4.90 Å². The van der Waals surface area contributed by atoms with E-state index in [1.54, 1.807) is 0 Å². The largest absolute Gasteiger partial charge is 0.445 e. The first kappa shape index (κ1) is 15.8. The van der Waals surface area contributed by atoms with Crippen LogP contribution in [0.25, 0.3) is 0 Å². The van der Waals surface area contributed by atoms with Crippen LogP contribution in [0.2, 0.25) is 0 Å². The number of nitrogens with zero attached hydrogens (tertiary/aromatic N) is 1. The monoisotopic (exact) mass is 313 g/mol. The zero-order valence-corrected chi connectivity index (χ0v) is 12.5. The van der Waals surface area contributed by atoms with Gasteiger partial charge in [-0.1, -0.05) is 30.3 Å². The Balaban J connectivity index is 1.95. The highest BCUT2D eigenvalue weighted by Gasteiger charge is 2.31. The van der Waals surface area contributed by atoms with E-state index in [-0.39, 0.29) is 6.61 Å². The Hall–Kier alpha value is -1.60. The van der Waals surface area contributed by atoms with E-state index in [2.05, 4.69) is 0 Å². The van der Waals surface area contributed by atoms with Gasteiger partial charge in [-0.3, -0.25) is 4.55 Å². The number of amides is 1. The van der Waals surface area contributed by atoms with Gasteiger partial charge >= 0.3 is 6.09 Å². The lowest BCUT2D eigenvalue weighted by atomic mass is 10.0. The first-order valence-corrected chi connectivity index (χ1v) is 8.49. The minimum Gasteiger partial charge on any atom is -0.445 e. The summed E-state index contributed by atoms with van der Waals surface area (Å²) < 4.78 is 36.2. The van der Waals surface area contributed by atoms with E-state index >= 15 is 0 Å². The fraction of sp³-hybridized carbons (Fsp3) is 0.500. The molecule has 1 unspecified atom stereocenters. The fourth-order valence-corrected chi connectivity index (χ4v) is 3.29. The van der Waals surface area contributed by atoms with Crippen LogP contribution in [-0.4, -0.2) is 42.3 Å². The number of carbonyl (C=O) groups is 1. The number of likely N-dealkylation sites (tertiary alicyclic amines) is 1. The van der Waals surface area contributed by atoms with Crippen molar-refractivity contribution in [2.45, 2.75) is 31.9 Å². The number of hydrogen-bond donors (Lipinski definition) is 1. The van der Waals surface area contributed by atoms with Gasteiger partial charge in [-0.15, -0.1) is 0 Å². The van der Waals surface area contributed by atoms with Gasteiger partial charge in [0, 0.05) is 6.54 Å². The van der Waals surface area contributed by atoms with Crippen molar-refractivity contribution in [3.8, 4) is 0 Å². The average Bonchev–Trinajstić information content (AvgIpc) is 2.45. The quantitative estimate of drug-likeness (QED) is 0.860. The molecule has 1 fully saturated rings. The SMILES string of the molecule is O=C(OCc1ccccc1)N1CCCCC1CS(=O)(=O)O. The van der Waals surface area contributed by atoms with Crippen LogP contribution in [-0.2, 0) is 21.5 Å². The van der Waals surface area contributed by atoms with Crippen molar-refractivity contribution in [1.29, 1.82) is 0 Å². The summed E-state index contributed by atoms with van der Waals surface area (Å²) in [6, 6.07) is 8.75. The van der Waals surface area contributed by atoms with Gasteiger partial charge in [0.15, 0.2) is 0 Å². The Kier molecular flexibility index (Phi) is 5.19. The summed E-state index contributed by atoms with van der Waals surface area (Å²) in [6.07, 6.45) is 1.66. The van der Waals surface area contributed by atoms with E-state index in [0.29, 0.717) is 13.0 Å². The van der Waals surface area contributed by atoms with Crippen molar-refractivity contribution < 1.29 is 22.5 Å². The topological polar surface area (TPSA) is 83.9 Å². The maximum atomic E-state index is 12.1. The Bertz CT molecular complexity index is 572. The van der Waals surface area contributed by atoms with E-state index in [1.807, 2.05) is 30.3 Å². The molecule has 0 saturated carbocycles. The van der Waals surface area contributed by atoms with Gasteiger partial charge in [0.1, 0.15) is 6.61 Å². The van der Waals surface area contributed by atoms with Crippen LogP contribution in [0.3, 0.4) is 0 Å². The van der Waals surface area contributed by atoms with Crippen molar-refractivity contribution in [3.63, 3.8) is 0 Å². The lowest BCUT2D eigenvalue weighted by molar-refractivity contribution is 0.0725. The van der Waals surface area contributed by atoms with E-state index < -0.39 is 28.0 Å². The number of rotatable bonds is 4. The number of benzene rings is 1. The summed E-state index contributed by atoms with van der Waals surface area (Å²) in [6.45, 7) is 0.600.